The predicted octanol–water partition coefficient (Wildman–Crippen LogP) is 4.06. The van der Waals surface area contributed by atoms with Crippen molar-refractivity contribution in [2.24, 2.45) is 0 Å². The highest BCUT2D eigenvalue weighted by Crippen LogP contribution is 2.35. The zero-order chi connectivity index (χ0) is 13.5. The van der Waals surface area contributed by atoms with Gasteiger partial charge in [0.1, 0.15) is 0 Å². The van der Waals surface area contributed by atoms with Gasteiger partial charge in [-0.1, -0.05) is 45.1 Å². The summed E-state index contributed by atoms with van der Waals surface area (Å²) in [6, 6.07) is 4.93. The van der Waals surface area contributed by atoms with Gasteiger partial charge in [0.2, 0.25) is 0 Å². The molecule has 2 nitrogen and oxygen atoms in total. The lowest BCUT2D eigenvalue weighted by molar-refractivity contribution is 0.409. The molecule has 106 valence electrons. The predicted molar refractivity (Wildman–Crippen MR) is 81.5 cm³/mol. The van der Waals surface area contributed by atoms with Gasteiger partial charge in [0.15, 0.2) is 0 Å². The maximum Gasteiger partial charge on any atom is 0.0482 e. The highest BCUT2D eigenvalue weighted by Gasteiger charge is 2.29. The van der Waals surface area contributed by atoms with Gasteiger partial charge in [-0.2, -0.15) is 0 Å². The monoisotopic (exact) mass is 260 g/mol. The van der Waals surface area contributed by atoms with Gasteiger partial charge < -0.3 is 5.32 Å². The molecule has 0 aromatic carbocycles. The van der Waals surface area contributed by atoms with Crippen molar-refractivity contribution in [2.75, 3.05) is 7.05 Å². The first-order valence-corrected chi connectivity index (χ1v) is 7.97. The fourth-order valence-corrected chi connectivity index (χ4v) is 3.35. The van der Waals surface area contributed by atoms with Crippen molar-refractivity contribution in [3.8, 4) is 0 Å². The van der Waals surface area contributed by atoms with E-state index >= 15 is 0 Å². The zero-order valence-corrected chi connectivity index (χ0v) is 12.5. The van der Waals surface area contributed by atoms with E-state index in [2.05, 4.69) is 36.4 Å². The average Bonchev–Trinajstić information content (AvgIpc) is 2.87. The molecule has 0 spiro atoms. The fraction of sp³-hybridized carbons (Fsp3) is 0.706. The maximum atomic E-state index is 4.63. The first kappa shape index (κ1) is 14.5. The van der Waals surface area contributed by atoms with Crippen LogP contribution in [0.5, 0.6) is 0 Å². The summed E-state index contributed by atoms with van der Waals surface area (Å²) in [6.45, 7) is 2.28. The van der Waals surface area contributed by atoms with Gasteiger partial charge in [0.25, 0.3) is 0 Å². The molecule has 1 N–H and O–H groups in total. The summed E-state index contributed by atoms with van der Waals surface area (Å²) in [5, 5.41) is 3.54. The molecule has 1 aromatic heterocycles. The summed E-state index contributed by atoms with van der Waals surface area (Å²) in [6.07, 6.45) is 12.6. The lowest BCUT2D eigenvalue weighted by Crippen LogP contribution is -2.31. The molecule has 0 fully saturated rings. The highest BCUT2D eigenvalue weighted by atomic mass is 14.9. The molecule has 1 aliphatic rings. The number of aryl methyl sites for hydroxylation is 1. The third-order valence-electron chi connectivity index (χ3n) is 4.48. The third-order valence-corrected chi connectivity index (χ3v) is 4.48. The Labute approximate surface area is 118 Å². The molecule has 0 saturated carbocycles. The molecule has 0 radical (unpaired) electrons. The van der Waals surface area contributed by atoms with Gasteiger partial charge in [-0.3, -0.25) is 4.98 Å². The summed E-state index contributed by atoms with van der Waals surface area (Å²) < 4.78 is 0. The number of aromatic nitrogens is 1. The van der Waals surface area contributed by atoms with Crippen LogP contribution in [0.2, 0.25) is 0 Å². The second-order valence-corrected chi connectivity index (χ2v) is 5.79. The Balaban J connectivity index is 1.85. The summed E-state index contributed by atoms with van der Waals surface area (Å²) in [5.41, 5.74) is 2.83. The van der Waals surface area contributed by atoms with Gasteiger partial charge in [0, 0.05) is 23.9 Å². The van der Waals surface area contributed by atoms with E-state index in [9.17, 15) is 0 Å². The average molecular weight is 260 g/mol. The van der Waals surface area contributed by atoms with Crippen LogP contribution in [0.4, 0.5) is 0 Å². The van der Waals surface area contributed by atoms with E-state index < -0.39 is 0 Å². The Hall–Kier alpha value is -0.890. The lowest BCUT2D eigenvalue weighted by Gasteiger charge is -2.23. The summed E-state index contributed by atoms with van der Waals surface area (Å²) >= 11 is 0. The highest BCUT2D eigenvalue weighted by molar-refractivity contribution is 5.29. The van der Waals surface area contributed by atoms with Crippen molar-refractivity contribution >= 4 is 0 Å². The minimum absolute atomic E-state index is 0.609. The number of hydrogen-bond acceptors (Lipinski definition) is 2. The van der Waals surface area contributed by atoms with Crippen LogP contribution in [0.15, 0.2) is 18.3 Å². The molecule has 0 aliphatic heterocycles. The molecule has 1 aliphatic carbocycles. The van der Waals surface area contributed by atoms with E-state index in [-0.39, 0.29) is 0 Å². The number of pyridine rings is 1. The van der Waals surface area contributed by atoms with Crippen LogP contribution in [-0.2, 0) is 6.42 Å². The molecule has 2 heteroatoms. The van der Waals surface area contributed by atoms with Crippen molar-refractivity contribution < 1.29 is 0 Å². The number of likely N-dealkylation sites (N-methyl/N-ethyl adjacent to an activating group) is 1. The largest absolute Gasteiger partial charge is 0.316 e. The van der Waals surface area contributed by atoms with Crippen LogP contribution in [0.25, 0.3) is 0 Å². The number of unbranched alkanes of at least 4 members (excludes halogenated alkanes) is 4. The zero-order valence-electron chi connectivity index (χ0n) is 12.5. The molecule has 0 amide bonds. The van der Waals surface area contributed by atoms with Crippen LogP contribution in [0, 0.1) is 0 Å². The molecular weight excluding hydrogens is 232 g/mol. The van der Waals surface area contributed by atoms with E-state index in [1.54, 1.807) is 0 Å². The minimum Gasteiger partial charge on any atom is -0.316 e. The maximum absolute atomic E-state index is 4.63. The Morgan fingerprint density at radius 1 is 1.32 bits per heavy atom. The first-order valence-electron chi connectivity index (χ1n) is 7.97. The van der Waals surface area contributed by atoms with Crippen LogP contribution in [0.3, 0.4) is 0 Å². The van der Waals surface area contributed by atoms with Crippen LogP contribution in [-0.4, -0.2) is 18.1 Å². The molecule has 1 heterocycles. The molecule has 1 aromatic rings. The molecule has 2 unspecified atom stereocenters. The van der Waals surface area contributed by atoms with E-state index in [0.717, 1.165) is 0 Å². The topological polar surface area (TPSA) is 24.9 Å². The SMILES string of the molecule is CCCCCCCC(NC)C1CCc2cccnc21. The molecular formula is C17H28N2. The van der Waals surface area contributed by atoms with Crippen molar-refractivity contribution in [3.63, 3.8) is 0 Å². The Kier molecular flexibility index (Phi) is 5.84. The van der Waals surface area contributed by atoms with Gasteiger partial charge >= 0.3 is 0 Å². The third kappa shape index (κ3) is 3.79. The molecule has 2 rings (SSSR count). The Bertz CT molecular complexity index is 375. The van der Waals surface area contributed by atoms with Crippen molar-refractivity contribution in [2.45, 2.75) is 70.3 Å². The number of hydrogen-bond donors (Lipinski definition) is 1. The number of fused-ring (bicyclic) bond motifs is 1. The smallest absolute Gasteiger partial charge is 0.0482 e. The Morgan fingerprint density at radius 2 is 2.16 bits per heavy atom. The standard InChI is InChI=1S/C17H28N2/c1-3-4-5-6-7-10-16(18-2)15-12-11-14-9-8-13-19-17(14)15/h8-9,13,15-16,18H,3-7,10-12H2,1-2H3. The second kappa shape index (κ2) is 7.64. The van der Waals surface area contributed by atoms with Crippen LogP contribution >= 0.6 is 0 Å². The van der Waals surface area contributed by atoms with Crippen molar-refractivity contribution in [3.05, 3.63) is 29.6 Å². The Morgan fingerprint density at radius 3 is 2.95 bits per heavy atom. The number of nitrogens with zero attached hydrogens (tertiary/aromatic N) is 1. The first-order chi connectivity index (χ1) is 9.36. The lowest BCUT2D eigenvalue weighted by atomic mass is 9.92. The van der Waals surface area contributed by atoms with E-state index in [1.807, 2.05) is 6.20 Å². The van der Waals surface area contributed by atoms with Gasteiger partial charge in [-0.25, -0.2) is 0 Å². The van der Waals surface area contributed by atoms with E-state index in [4.69, 9.17) is 0 Å². The van der Waals surface area contributed by atoms with Gasteiger partial charge in [-0.15, -0.1) is 0 Å². The summed E-state index contributed by atoms with van der Waals surface area (Å²) in [7, 11) is 2.11. The van der Waals surface area contributed by atoms with Crippen LogP contribution < -0.4 is 5.32 Å². The minimum atomic E-state index is 0.609. The van der Waals surface area contributed by atoms with Crippen molar-refractivity contribution in [1.29, 1.82) is 0 Å². The quantitative estimate of drug-likeness (QED) is 0.713. The fourth-order valence-electron chi connectivity index (χ4n) is 3.35. The molecule has 19 heavy (non-hydrogen) atoms. The number of nitrogens with one attached hydrogen (secondary N) is 1. The summed E-state index contributed by atoms with van der Waals surface area (Å²) in [5.74, 6) is 0.632. The van der Waals surface area contributed by atoms with E-state index in [0.29, 0.717) is 12.0 Å². The molecule has 0 saturated heterocycles. The summed E-state index contributed by atoms with van der Waals surface area (Å²) in [4.78, 5) is 4.63. The van der Waals surface area contributed by atoms with Gasteiger partial charge in [-0.05, 0) is 37.9 Å². The van der Waals surface area contributed by atoms with Gasteiger partial charge in [0.05, 0.1) is 0 Å². The van der Waals surface area contributed by atoms with Crippen LogP contribution in [0.1, 0.15) is 69.0 Å². The van der Waals surface area contributed by atoms with Crippen molar-refractivity contribution in [1.82, 2.24) is 10.3 Å². The molecule has 0 bridgehead atoms. The number of rotatable bonds is 8. The van der Waals surface area contributed by atoms with E-state index in [1.165, 1.54) is 62.6 Å². The molecule has 2 atom stereocenters. The second-order valence-electron chi connectivity index (χ2n) is 5.79. The normalized spacial score (nSPS) is 19.4.